The van der Waals surface area contributed by atoms with Gasteiger partial charge in [0.2, 0.25) is 5.95 Å². The van der Waals surface area contributed by atoms with E-state index in [1.54, 1.807) is 4.57 Å². The van der Waals surface area contributed by atoms with Gasteiger partial charge in [0, 0.05) is 52.5 Å². The minimum Gasteiger partial charge on any atom is -0.463 e. The first-order valence-corrected chi connectivity index (χ1v) is 19.8. The normalized spacial score (nSPS) is 21.7. The molecule has 0 bridgehead atoms. The van der Waals surface area contributed by atoms with E-state index in [9.17, 15) is 24.0 Å². The molecule has 0 saturated carbocycles. The Labute approximate surface area is 315 Å². The van der Waals surface area contributed by atoms with Gasteiger partial charge in [0.15, 0.2) is 24.5 Å². The number of aryl methyl sites for hydroxylation is 1. The molecule has 13 heteroatoms. The molecule has 0 spiro atoms. The van der Waals surface area contributed by atoms with Gasteiger partial charge in [-0.15, -0.1) is 0 Å². The third-order valence-corrected chi connectivity index (χ3v) is 9.58. The lowest BCUT2D eigenvalue weighted by Gasteiger charge is -2.46. The number of esters is 4. The lowest BCUT2D eigenvalue weighted by Crippen LogP contribution is -2.61. The smallest absolute Gasteiger partial charge is 0.303 e. The van der Waals surface area contributed by atoms with E-state index in [2.05, 4.69) is 24.1 Å². The highest BCUT2D eigenvalue weighted by Gasteiger charge is 2.53. The van der Waals surface area contributed by atoms with Gasteiger partial charge >= 0.3 is 23.9 Å². The van der Waals surface area contributed by atoms with Gasteiger partial charge in [-0.1, -0.05) is 70.4 Å². The second kappa shape index (κ2) is 23.8. The molecule has 3 heterocycles. The van der Waals surface area contributed by atoms with Crippen molar-refractivity contribution in [1.82, 2.24) is 9.55 Å². The Hall–Kier alpha value is -3.74. The van der Waals surface area contributed by atoms with Crippen LogP contribution in [0.2, 0.25) is 0 Å². The molecule has 2 aliphatic heterocycles. The number of carbonyl (C=O) groups excluding carboxylic acids is 4. The van der Waals surface area contributed by atoms with Crippen molar-refractivity contribution in [2.75, 3.05) is 24.6 Å². The van der Waals surface area contributed by atoms with Crippen LogP contribution < -0.4 is 10.5 Å². The molecule has 2 saturated heterocycles. The molecule has 13 nitrogen and oxygen atoms in total. The first kappa shape index (κ1) is 43.7. The summed E-state index contributed by atoms with van der Waals surface area (Å²) >= 11 is 0. The van der Waals surface area contributed by atoms with Crippen LogP contribution >= 0.6 is 0 Å². The maximum absolute atomic E-state index is 13.2. The van der Waals surface area contributed by atoms with Crippen molar-refractivity contribution in [3.8, 4) is 0 Å². The largest absolute Gasteiger partial charge is 0.463 e. The summed E-state index contributed by atoms with van der Waals surface area (Å²) in [6, 6.07) is 1.47. The second-order valence-corrected chi connectivity index (χ2v) is 14.2. The van der Waals surface area contributed by atoms with Crippen molar-refractivity contribution in [2.45, 2.75) is 174 Å². The van der Waals surface area contributed by atoms with E-state index in [4.69, 9.17) is 23.7 Å². The van der Waals surface area contributed by atoms with Crippen LogP contribution in [0.4, 0.5) is 5.95 Å². The second-order valence-electron chi connectivity index (χ2n) is 14.2. The number of hydrogen-bond acceptors (Lipinski definition) is 12. The van der Waals surface area contributed by atoms with Crippen molar-refractivity contribution >= 4 is 29.8 Å². The number of piperidine rings is 1. The first-order valence-electron chi connectivity index (χ1n) is 19.8. The van der Waals surface area contributed by atoms with Gasteiger partial charge in [0.1, 0.15) is 12.7 Å². The third-order valence-electron chi connectivity index (χ3n) is 9.58. The van der Waals surface area contributed by atoms with E-state index in [-0.39, 0.29) is 6.61 Å². The number of anilines is 1. The van der Waals surface area contributed by atoms with Crippen molar-refractivity contribution < 1.29 is 42.9 Å². The van der Waals surface area contributed by atoms with Crippen molar-refractivity contribution in [1.29, 1.82) is 0 Å². The molecule has 2 fully saturated rings. The van der Waals surface area contributed by atoms with E-state index in [0.717, 1.165) is 64.2 Å². The van der Waals surface area contributed by atoms with Gasteiger partial charge in [0.25, 0.3) is 5.56 Å². The predicted octanol–water partition coefficient (Wildman–Crippen LogP) is 6.68. The molecule has 0 aliphatic carbocycles. The quantitative estimate of drug-likeness (QED) is 0.0539. The Balaban J connectivity index is 1.85. The molecule has 0 aromatic carbocycles. The van der Waals surface area contributed by atoms with Gasteiger partial charge < -0.3 is 28.6 Å². The fraction of sp³-hybridized carbons (Fsp3) is 0.750. The molecular formula is C40H63N3O10. The van der Waals surface area contributed by atoms with E-state index in [0.29, 0.717) is 31.2 Å². The summed E-state index contributed by atoms with van der Waals surface area (Å²) in [6.45, 7) is 8.03. The molecule has 2 aliphatic rings. The monoisotopic (exact) mass is 745 g/mol. The number of aromatic nitrogens is 2. The van der Waals surface area contributed by atoms with Crippen molar-refractivity contribution in [3.05, 3.63) is 34.3 Å². The van der Waals surface area contributed by atoms with Gasteiger partial charge in [-0.3, -0.25) is 28.5 Å². The molecule has 1 aromatic rings. The summed E-state index contributed by atoms with van der Waals surface area (Å²) in [5.74, 6) is -2.35. The maximum atomic E-state index is 13.2. The Kier molecular flexibility index (Phi) is 19.6. The fourth-order valence-electron chi connectivity index (χ4n) is 7.10. The molecule has 0 N–H and O–H groups in total. The molecule has 3 rings (SSSR count). The lowest BCUT2D eigenvalue weighted by molar-refractivity contribution is -0.268. The number of hydrogen-bond donors (Lipinski definition) is 0. The average Bonchev–Trinajstić information content (AvgIpc) is 3.10. The van der Waals surface area contributed by atoms with Crippen LogP contribution in [0.3, 0.4) is 0 Å². The summed E-state index contributed by atoms with van der Waals surface area (Å²) in [5.41, 5.74) is 0.208. The Morgan fingerprint density at radius 3 is 1.87 bits per heavy atom. The molecule has 1 aromatic heterocycles. The number of nitrogens with zero attached hydrogens (tertiary/aromatic N) is 3. The highest BCUT2D eigenvalue weighted by molar-refractivity contribution is 5.68. The van der Waals surface area contributed by atoms with Crippen LogP contribution in [0.5, 0.6) is 0 Å². The van der Waals surface area contributed by atoms with E-state index in [1.807, 2.05) is 4.90 Å². The average molecular weight is 746 g/mol. The predicted molar refractivity (Wildman–Crippen MR) is 200 cm³/mol. The van der Waals surface area contributed by atoms with E-state index in [1.165, 1.54) is 72.3 Å². The molecule has 53 heavy (non-hydrogen) atoms. The Bertz CT molecular complexity index is 1390. The van der Waals surface area contributed by atoms with E-state index >= 15 is 0 Å². The lowest BCUT2D eigenvalue weighted by atomic mass is 9.96. The molecular weight excluding hydrogens is 682 g/mol. The molecule has 5 atom stereocenters. The van der Waals surface area contributed by atoms with Gasteiger partial charge in [-0.05, 0) is 57.8 Å². The Morgan fingerprint density at radius 2 is 1.28 bits per heavy atom. The van der Waals surface area contributed by atoms with Crippen molar-refractivity contribution in [2.24, 2.45) is 0 Å². The topological polar surface area (TPSA) is 153 Å². The number of rotatable bonds is 22. The molecule has 0 unspecified atom stereocenters. The van der Waals surface area contributed by atoms with Crippen LogP contribution in [0.25, 0.3) is 0 Å². The highest BCUT2D eigenvalue weighted by Crippen LogP contribution is 2.38. The van der Waals surface area contributed by atoms with Crippen LogP contribution in [0, 0.1) is 0 Å². The van der Waals surface area contributed by atoms with Gasteiger partial charge in [-0.25, -0.2) is 0 Å². The van der Waals surface area contributed by atoms with Crippen LogP contribution in [0.1, 0.15) is 149 Å². The summed E-state index contributed by atoms with van der Waals surface area (Å²) in [6.07, 6.45) is 16.8. The van der Waals surface area contributed by atoms with Gasteiger partial charge in [0.05, 0.1) is 0 Å². The zero-order valence-electron chi connectivity index (χ0n) is 32.7. The van der Waals surface area contributed by atoms with Gasteiger partial charge in [-0.2, -0.15) is 4.98 Å². The third kappa shape index (κ3) is 15.3. The number of allylic oxidation sites excluding steroid dienone is 2. The SMILES string of the molecule is CCCCCCCCC=CCCCCCCCc1cc(=O)nc(N2CCCCC2)n1[C@@H]1O[C@H](COC(C)=O)[C@@H](OC(C)=O)[C@H](OC(C)=O)[C@H]1OC(C)=O. The summed E-state index contributed by atoms with van der Waals surface area (Å²) in [7, 11) is 0. The summed E-state index contributed by atoms with van der Waals surface area (Å²) in [4.78, 5) is 68.9. The number of unbranched alkanes of at least 4 members (excludes halogenated alkanes) is 11. The van der Waals surface area contributed by atoms with Crippen LogP contribution in [-0.2, 0) is 49.3 Å². The number of carbonyl (C=O) groups is 4. The fourth-order valence-corrected chi connectivity index (χ4v) is 7.10. The first-order chi connectivity index (χ1) is 25.5. The molecule has 0 amide bonds. The van der Waals surface area contributed by atoms with E-state index < -0.39 is 60.1 Å². The molecule has 298 valence electrons. The number of ether oxygens (including phenoxy) is 5. The highest BCUT2D eigenvalue weighted by atomic mass is 16.7. The summed E-state index contributed by atoms with van der Waals surface area (Å²) < 4.78 is 30.8. The van der Waals surface area contributed by atoms with Crippen LogP contribution in [0.15, 0.2) is 23.0 Å². The van der Waals surface area contributed by atoms with Crippen LogP contribution in [-0.4, -0.2) is 77.5 Å². The zero-order valence-corrected chi connectivity index (χ0v) is 32.7. The Morgan fingerprint density at radius 1 is 0.736 bits per heavy atom. The zero-order chi connectivity index (χ0) is 38.6. The maximum Gasteiger partial charge on any atom is 0.303 e. The minimum atomic E-state index is -1.33. The summed E-state index contributed by atoms with van der Waals surface area (Å²) in [5, 5.41) is 0. The standard InChI is InChI=1S/C40H63N3O10/c1-6-7-8-9-10-11-12-13-14-15-16-17-18-19-21-24-33-27-35(48)41-40(42-25-22-20-23-26-42)43(33)39-38(52-32(5)47)37(51-31(4)46)36(50-30(3)45)34(53-39)28-49-29(2)44/h13-14,27,34,36-39H,6-12,15-26,28H2,1-5H3/t34-,36-,37+,38-,39-/m1/s1. The van der Waals surface area contributed by atoms with Crippen molar-refractivity contribution in [3.63, 3.8) is 0 Å². The minimum absolute atomic E-state index is 0.343. The molecule has 0 radical (unpaired) electrons.